The van der Waals surface area contributed by atoms with Gasteiger partial charge in [0.15, 0.2) is 15.8 Å². The minimum Gasteiger partial charge on any atom is -0.356 e. The molecule has 6 heteroatoms. The van der Waals surface area contributed by atoms with E-state index in [4.69, 9.17) is 0 Å². The molecule has 2 rings (SSSR count). The van der Waals surface area contributed by atoms with Gasteiger partial charge >= 0.3 is 0 Å². The maximum atomic E-state index is 11.4. The largest absolute Gasteiger partial charge is 0.356 e. The van der Waals surface area contributed by atoms with Crippen LogP contribution >= 0.6 is 0 Å². The summed E-state index contributed by atoms with van der Waals surface area (Å²) in [6.45, 7) is 1.51. The topological polar surface area (TPSA) is 70.6 Å². The Morgan fingerprint density at radius 2 is 2.05 bits per heavy atom. The van der Waals surface area contributed by atoms with Gasteiger partial charge in [-0.1, -0.05) is 30.3 Å². The number of hydrogen-bond donors (Lipinski definition) is 2. The first-order chi connectivity index (χ1) is 10.6. The van der Waals surface area contributed by atoms with E-state index in [1.807, 2.05) is 6.07 Å². The van der Waals surface area contributed by atoms with Gasteiger partial charge in [0, 0.05) is 20.1 Å². The molecule has 1 saturated heterocycles. The van der Waals surface area contributed by atoms with Crippen molar-refractivity contribution in [3.63, 3.8) is 0 Å². The highest BCUT2D eigenvalue weighted by Crippen LogP contribution is 2.17. The van der Waals surface area contributed by atoms with Gasteiger partial charge in [0.1, 0.15) is 0 Å². The van der Waals surface area contributed by atoms with E-state index in [0.29, 0.717) is 18.1 Å². The molecule has 2 N–H and O–H groups in total. The Kier molecular flexibility index (Phi) is 6.24. The molecular formula is C16H25N3O2S. The fraction of sp³-hybridized carbons (Fsp3) is 0.562. The van der Waals surface area contributed by atoms with Gasteiger partial charge in [-0.25, -0.2) is 8.42 Å². The van der Waals surface area contributed by atoms with Crippen LogP contribution < -0.4 is 10.6 Å². The number of aliphatic imine (C=N–C) groups is 1. The number of benzene rings is 1. The van der Waals surface area contributed by atoms with E-state index >= 15 is 0 Å². The van der Waals surface area contributed by atoms with Crippen LogP contribution in [-0.2, 0) is 16.3 Å². The van der Waals surface area contributed by atoms with Crippen molar-refractivity contribution in [1.29, 1.82) is 0 Å². The molecule has 5 nitrogen and oxygen atoms in total. The molecule has 1 aromatic carbocycles. The summed E-state index contributed by atoms with van der Waals surface area (Å²) in [5.74, 6) is 1.57. The van der Waals surface area contributed by atoms with Crippen LogP contribution in [0.4, 0.5) is 0 Å². The first kappa shape index (κ1) is 16.8. The van der Waals surface area contributed by atoms with Crippen LogP contribution in [-0.4, -0.2) is 46.0 Å². The Bertz CT molecular complexity index is 585. The van der Waals surface area contributed by atoms with E-state index in [2.05, 4.69) is 39.9 Å². The fourth-order valence-electron chi connectivity index (χ4n) is 2.64. The molecular weight excluding hydrogens is 298 g/mol. The van der Waals surface area contributed by atoms with Crippen LogP contribution in [0.2, 0.25) is 0 Å². The quantitative estimate of drug-likeness (QED) is 0.469. The maximum Gasteiger partial charge on any atom is 0.190 e. The van der Waals surface area contributed by atoms with Gasteiger partial charge in [0.25, 0.3) is 0 Å². The second-order valence-electron chi connectivity index (χ2n) is 5.74. The molecule has 0 aliphatic carbocycles. The predicted octanol–water partition coefficient (Wildman–Crippen LogP) is 1.22. The van der Waals surface area contributed by atoms with Crippen LogP contribution in [0.1, 0.15) is 18.4 Å². The monoisotopic (exact) mass is 323 g/mol. The summed E-state index contributed by atoms with van der Waals surface area (Å²) in [6, 6.07) is 10.4. The molecule has 1 unspecified atom stereocenters. The van der Waals surface area contributed by atoms with Crippen LogP contribution in [0.15, 0.2) is 35.3 Å². The van der Waals surface area contributed by atoms with E-state index in [9.17, 15) is 8.42 Å². The Labute approximate surface area is 133 Å². The zero-order valence-electron chi connectivity index (χ0n) is 13.1. The molecule has 0 amide bonds. The lowest BCUT2D eigenvalue weighted by atomic mass is 10.1. The van der Waals surface area contributed by atoms with Crippen LogP contribution in [0.25, 0.3) is 0 Å². The van der Waals surface area contributed by atoms with Gasteiger partial charge in [-0.2, -0.15) is 0 Å². The highest BCUT2D eigenvalue weighted by molar-refractivity contribution is 7.91. The smallest absolute Gasteiger partial charge is 0.190 e. The summed E-state index contributed by atoms with van der Waals surface area (Å²) < 4.78 is 22.9. The second-order valence-corrected chi connectivity index (χ2v) is 7.97. The van der Waals surface area contributed by atoms with E-state index < -0.39 is 9.84 Å². The van der Waals surface area contributed by atoms with E-state index in [1.165, 1.54) is 5.56 Å². The molecule has 1 aromatic rings. The van der Waals surface area contributed by atoms with Crippen molar-refractivity contribution in [1.82, 2.24) is 10.6 Å². The van der Waals surface area contributed by atoms with Crippen molar-refractivity contribution < 1.29 is 8.42 Å². The lowest BCUT2D eigenvalue weighted by Gasteiger charge is -2.14. The number of nitrogens with one attached hydrogen (secondary N) is 2. The van der Waals surface area contributed by atoms with Crippen molar-refractivity contribution in [2.75, 3.05) is 31.6 Å². The number of rotatable bonds is 6. The highest BCUT2D eigenvalue weighted by atomic mass is 32.2. The summed E-state index contributed by atoms with van der Waals surface area (Å²) in [7, 11) is -1.07. The molecule has 1 atom stereocenters. The molecule has 1 aliphatic rings. The Balaban J connectivity index is 1.63. The van der Waals surface area contributed by atoms with Gasteiger partial charge < -0.3 is 10.6 Å². The minimum absolute atomic E-state index is 0.202. The number of nitrogens with zero attached hydrogens (tertiary/aromatic N) is 1. The summed E-state index contributed by atoms with van der Waals surface area (Å²) in [4.78, 5) is 4.17. The third-order valence-corrected chi connectivity index (χ3v) is 5.72. The molecule has 0 aromatic heterocycles. The summed E-state index contributed by atoms with van der Waals surface area (Å²) in [6.07, 6.45) is 2.81. The predicted molar refractivity (Wildman–Crippen MR) is 90.9 cm³/mol. The Morgan fingerprint density at radius 1 is 1.27 bits per heavy atom. The van der Waals surface area contributed by atoms with Crippen LogP contribution in [0.5, 0.6) is 0 Å². The molecule has 0 spiro atoms. The summed E-state index contributed by atoms with van der Waals surface area (Å²) in [5.41, 5.74) is 1.34. The van der Waals surface area contributed by atoms with Gasteiger partial charge in [-0.05, 0) is 30.7 Å². The molecule has 1 aliphatic heterocycles. The first-order valence-corrected chi connectivity index (χ1v) is 9.60. The summed E-state index contributed by atoms with van der Waals surface area (Å²) >= 11 is 0. The molecule has 0 bridgehead atoms. The Hall–Kier alpha value is -1.56. The molecule has 22 heavy (non-hydrogen) atoms. The normalized spacial score (nSPS) is 20.8. The number of guanidine groups is 1. The summed E-state index contributed by atoms with van der Waals surface area (Å²) in [5, 5.41) is 6.50. The third-order valence-electron chi connectivity index (χ3n) is 3.89. The fourth-order valence-corrected chi connectivity index (χ4v) is 4.50. The molecule has 122 valence electrons. The molecule has 1 heterocycles. The third kappa shape index (κ3) is 5.67. The SMILES string of the molecule is CN=C(NCCCc1ccccc1)NCC1CCS(=O)(=O)C1. The van der Waals surface area contributed by atoms with Gasteiger partial charge in [-0.15, -0.1) is 0 Å². The zero-order valence-corrected chi connectivity index (χ0v) is 13.9. The maximum absolute atomic E-state index is 11.4. The first-order valence-electron chi connectivity index (χ1n) is 7.78. The number of hydrogen-bond acceptors (Lipinski definition) is 3. The molecule has 0 saturated carbocycles. The van der Waals surface area contributed by atoms with Crippen molar-refractivity contribution in [3.05, 3.63) is 35.9 Å². The molecule has 0 radical (unpaired) electrons. The highest BCUT2D eigenvalue weighted by Gasteiger charge is 2.27. The second kappa shape index (κ2) is 8.17. The standard InChI is InChI=1S/C16H25N3O2S/c1-17-16(19-12-15-9-11-22(20,21)13-15)18-10-5-8-14-6-3-2-4-7-14/h2-4,6-7,15H,5,8-13H2,1H3,(H2,17,18,19). The van der Waals surface area contributed by atoms with Gasteiger partial charge in [0.2, 0.25) is 0 Å². The average molecular weight is 323 g/mol. The van der Waals surface area contributed by atoms with Crippen LogP contribution in [0, 0.1) is 5.92 Å². The number of aryl methyl sites for hydroxylation is 1. The lowest BCUT2D eigenvalue weighted by molar-refractivity contribution is 0.566. The minimum atomic E-state index is -2.80. The van der Waals surface area contributed by atoms with Gasteiger partial charge in [-0.3, -0.25) is 4.99 Å². The van der Waals surface area contributed by atoms with E-state index in [1.54, 1.807) is 7.05 Å². The van der Waals surface area contributed by atoms with E-state index in [0.717, 1.165) is 31.8 Å². The zero-order chi connectivity index (χ0) is 15.8. The average Bonchev–Trinajstić information content (AvgIpc) is 2.87. The van der Waals surface area contributed by atoms with Crippen molar-refractivity contribution >= 4 is 15.8 Å². The Morgan fingerprint density at radius 3 is 2.68 bits per heavy atom. The van der Waals surface area contributed by atoms with Crippen molar-refractivity contribution in [2.24, 2.45) is 10.9 Å². The van der Waals surface area contributed by atoms with Crippen molar-refractivity contribution in [3.8, 4) is 0 Å². The van der Waals surface area contributed by atoms with Gasteiger partial charge in [0.05, 0.1) is 11.5 Å². The molecule has 1 fully saturated rings. The van der Waals surface area contributed by atoms with Crippen LogP contribution in [0.3, 0.4) is 0 Å². The van der Waals surface area contributed by atoms with E-state index in [-0.39, 0.29) is 5.92 Å². The van der Waals surface area contributed by atoms with Crippen molar-refractivity contribution in [2.45, 2.75) is 19.3 Å². The lowest BCUT2D eigenvalue weighted by Crippen LogP contribution is -2.40. The number of sulfone groups is 1.